The van der Waals surface area contributed by atoms with Crippen LogP contribution in [0.3, 0.4) is 0 Å². The Labute approximate surface area is 102 Å². The van der Waals surface area contributed by atoms with Crippen LogP contribution in [0.4, 0.5) is 0 Å². The van der Waals surface area contributed by atoms with Crippen molar-refractivity contribution < 1.29 is 0 Å². The van der Waals surface area contributed by atoms with Gasteiger partial charge in [0.15, 0.2) is 0 Å². The van der Waals surface area contributed by atoms with Crippen LogP contribution in [-0.2, 0) is 13.0 Å². The number of amidine groups is 1. The van der Waals surface area contributed by atoms with Gasteiger partial charge in [-0.05, 0) is 36.3 Å². The molecule has 0 aliphatic heterocycles. The lowest BCUT2D eigenvalue weighted by molar-refractivity contribution is 0.715. The molecule has 1 saturated carbocycles. The van der Waals surface area contributed by atoms with E-state index in [2.05, 4.69) is 23.4 Å². The number of aryl methyl sites for hydroxylation is 1. The van der Waals surface area contributed by atoms with Crippen molar-refractivity contribution in [3.8, 4) is 0 Å². The summed E-state index contributed by atoms with van der Waals surface area (Å²) in [4.78, 5) is 5.94. The fourth-order valence-corrected chi connectivity index (χ4v) is 3.23. The molecule has 0 saturated heterocycles. The van der Waals surface area contributed by atoms with Crippen LogP contribution in [0.1, 0.15) is 43.0 Å². The Morgan fingerprint density at radius 3 is 2.94 bits per heavy atom. The van der Waals surface area contributed by atoms with Crippen LogP contribution >= 0.6 is 11.3 Å². The fourth-order valence-electron chi connectivity index (χ4n) is 2.33. The van der Waals surface area contributed by atoms with Gasteiger partial charge in [0.1, 0.15) is 0 Å². The fraction of sp³-hybridized carbons (Fsp3) is 0.615. The second-order valence-electron chi connectivity index (χ2n) is 4.45. The Morgan fingerprint density at radius 2 is 2.25 bits per heavy atom. The lowest BCUT2D eigenvalue weighted by Crippen LogP contribution is -2.21. The van der Waals surface area contributed by atoms with E-state index in [9.17, 15) is 0 Å². The third-order valence-corrected chi connectivity index (χ3v) is 4.35. The summed E-state index contributed by atoms with van der Waals surface area (Å²) in [7, 11) is 0. The molecule has 88 valence electrons. The molecule has 0 unspecified atom stereocenters. The summed E-state index contributed by atoms with van der Waals surface area (Å²) >= 11 is 1.80. The molecular weight excluding hydrogens is 216 g/mol. The average Bonchev–Trinajstić information content (AvgIpc) is 2.96. The van der Waals surface area contributed by atoms with Crippen LogP contribution in [-0.4, -0.2) is 5.84 Å². The summed E-state index contributed by atoms with van der Waals surface area (Å²) in [6.45, 7) is 2.97. The predicted molar refractivity (Wildman–Crippen MR) is 71.0 cm³/mol. The van der Waals surface area contributed by atoms with Gasteiger partial charge in [0.2, 0.25) is 0 Å². The standard InChI is InChI=1S/C13H20N2S/c1-2-10-7-8-16-12(10)9-15-13(14)11-5-3-4-6-11/h7-8,11H,2-6,9H2,1H3,(H2,14,15). The lowest BCUT2D eigenvalue weighted by Gasteiger charge is -2.07. The van der Waals surface area contributed by atoms with E-state index in [1.165, 1.54) is 36.1 Å². The molecule has 2 N–H and O–H groups in total. The molecule has 1 aromatic heterocycles. The van der Waals surface area contributed by atoms with Gasteiger partial charge in [-0.2, -0.15) is 0 Å². The van der Waals surface area contributed by atoms with E-state index in [0.29, 0.717) is 5.92 Å². The van der Waals surface area contributed by atoms with Gasteiger partial charge in [0, 0.05) is 10.8 Å². The van der Waals surface area contributed by atoms with Crippen molar-refractivity contribution in [3.63, 3.8) is 0 Å². The molecule has 0 aromatic carbocycles. The third kappa shape index (κ3) is 2.64. The number of nitrogens with zero attached hydrogens (tertiary/aromatic N) is 1. The van der Waals surface area contributed by atoms with E-state index in [-0.39, 0.29) is 0 Å². The van der Waals surface area contributed by atoms with Gasteiger partial charge in [0.25, 0.3) is 0 Å². The first-order valence-electron chi connectivity index (χ1n) is 6.16. The molecule has 0 atom stereocenters. The minimum atomic E-state index is 0.560. The molecule has 2 nitrogen and oxygen atoms in total. The van der Waals surface area contributed by atoms with E-state index in [1.807, 2.05) is 0 Å². The van der Waals surface area contributed by atoms with Crippen LogP contribution in [0, 0.1) is 5.92 Å². The molecule has 1 fully saturated rings. The maximum absolute atomic E-state index is 6.04. The molecular formula is C13H20N2S. The van der Waals surface area contributed by atoms with Crippen LogP contribution < -0.4 is 5.73 Å². The average molecular weight is 236 g/mol. The second-order valence-corrected chi connectivity index (χ2v) is 5.45. The van der Waals surface area contributed by atoms with E-state index >= 15 is 0 Å². The Bertz CT molecular complexity index is 362. The van der Waals surface area contributed by atoms with Crippen LogP contribution in [0.15, 0.2) is 16.4 Å². The zero-order valence-electron chi connectivity index (χ0n) is 9.91. The van der Waals surface area contributed by atoms with Crippen molar-refractivity contribution in [2.45, 2.75) is 45.6 Å². The van der Waals surface area contributed by atoms with E-state index in [1.54, 1.807) is 11.3 Å². The molecule has 1 aromatic rings. The van der Waals surface area contributed by atoms with Gasteiger partial charge in [-0.25, -0.2) is 0 Å². The van der Waals surface area contributed by atoms with Crippen molar-refractivity contribution in [2.75, 3.05) is 0 Å². The highest BCUT2D eigenvalue weighted by atomic mass is 32.1. The molecule has 1 aliphatic carbocycles. The topological polar surface area (TPSA) is 38.4 Å². The first-order chi connectivity index (χ1) is 7.81. The molecule has 3 heteroatoms. The summed E-state index contributed by atoms with van der Waals surface area (Å²) < 4.78 is 0. The number of nitrogens with two attached hydrogens (primary N) is 1. The zero-order valence-corrected chi connectivity index (χ0v) is 10.7. The Morgan fingerprint density at radius 1 is 1.50 bits per heavy atom. The first-order valence-corrected chi connectivity index (χ1v) is 7.04. The summed E-state index contributed by atoms with van der Waals surface area (Å²) in [5.41, 5.74) is 7.47. The number of rotatable bonds is 4. The van der Waals surface area contributed by atoms with Gasteiger partial charge in [-0.1, -0.05) is 19.8 Å². The molecule has 0 bridgehead atoms. The Hall–Kier alpha value is -0.830. The van der Waals surface area contributed by atoms with Gasteiger partial charge in [0.05, 0.1) is 12.4 Å². The number of aliphatic imine (C=N–C) groups is 1. The molecule has 0 spiro atoms. The van der Waals surface area contributed by atoms with Gasteiger partial charge in [-0.3, -0.25) is 4.99 Å². The van der Waals surface area contributed by atoms with E-state index in [0.717, 1.165) is 18.8 Å². The first kappa shape index (κ1) is 11.6. The minimum Gasteiger partial charge on any atom is -0.387 e. The number of hydrogen-bond donors (Lipinski definition) is 1. The maximum Gasteiger partial charge on any atom is 0.0972 e. The van der Waals surface area contributed by atoms with Gasteiger partial charge >= 0.3 is 0 Å². The smallest absolute Gasteiger partial charge is 0.0972 e. The maximum atomic E-state index is 6.04. The lowest BCUT2D eigenvalue weighted by atomic mass is 10.1. The van der Waals surface area contributed by atoms with Crippen molar-refractivity contribution in [1.82, 2.24) is 0 Å². The zero-order chi connectivity index (χ0) is 11.4. The van der Waals surface area contributed by atoms with Crippen LogP contribution in [0.2, 0.25) is 0 Å². The molecule has 0 radical (unpaired) electrons. The van der Waals surface area contributed by atoms with E-state index < -0.39 is 0 Å². The molecule has 1 aliphatic rings. The molecule has 2 rings (SSSR count). The van der Waals surface area contributed by atoms with Crippen molar-refractivity contribution in [3.05, 3.63) is 21.9 Å². The quantitative estimate of drug-likeness (QED) is 0.632. The largest absolute Gasteiger partial charge is 0.387 e. The summed E-state index contributed by atoms with van der Waals surface area (Å²) in [6, 6.07) is 2.20. The normalized spacial score (nSPS) is 18.2. The van der Waals surface area contributed by atoms with Crippen molar-refractivity contribution in [1.29, 1.82) is 0 Å². The second kappa shape index (κ2) is 5.48. The van der Waals surface area contributed by atoms with Crippen molar-refractivity contribution >= 4 is 17.2 Å². The van der Waals surface area contributed by atoms with Gasteiger partial charge < -0.3 is 5.73 Å². The molecule has 0 amide bonds. The predicted octanol–water partition coefficient (Wildman–Crippen LogP) is 3.36. The van der Waals surface area contributed by atoms with Crippen LogP contribution in [0.25, 0.3) is 0 Å². The monoisotopic (exact) mass is 236 g/mol. The highest BCUT2D eigenvalue weighted by molar-refractivity contribution is 7.10. The molecule has 16 heavy (non-hydrogen) atoms. The SMILES string of the molecule is CCc1ccsc1CN=C(N)C1CCCC1. The summed E-state index contributed by atoms with van der Waals surface area (Å²) in [5.74, 6) is 1.44. The van der Waals surface area contributed by atoms with Crippen LogP contribution in [0.5, 0.6) is 0 Å². The van der Waals surface area contributed by atoms with Gasteiger partial charge in [-0.15, -0.1) is 11.3 Å². The Kier molecular flexibility index (Phi) is 3.99. The highest BCUT2D eigenvalue weighted by Gasteiger charge is 2.18. The minimum absolute atomic E-state index is 0.560. The summed E-state index contributed by atoms with van der Waals surface area (Å²) in [5, 5.41) is 2.15. The highest BCUT2D eigenvalue weighted by Crippen LogP contribution is 2.25. The molecule has 1 heterocycles. The summed E-state index contributed by atoms with van der Waals surface area (Å²) in [6.07, 6.45) is 6.21. The number of hydrogen-bond acceptors (Lipinski definition) is 2. The van der Waals surface area contributed by atoms with E-state index in [4.69, 9.17) is 5.73 Å². The van der Waals surface area contributed by atoms with Crippen molar-refractivity contribution in [2.24, 2.45) is 16.6 Å². The Balaban J connectivity index is 1.97. The third-order valence-electron chi connectivity index (χ3n) is 3.40. The number of thiophene rings is 1.